The molecule has 0 saturated carbocycles. The standard InChI is InChI=1S/C22H22N2O3S/c1-15-7-9-16(10-8-15)13-23-21(26)22(27)24-14-18-11-12-19(28-18)20(25)17-5-3-2-4-6-17/h2-12,20,25H,13-14H2,1H3,(H,23,26)(H,24,27). The van der Waals surface area contributed by atoms with Gasteiger partial charge in [0.25, 0.3) is 0 Å². The first kappa shape index (κ1) is 19.8. The van der Waals surface area contributed by atoms with Crippen LogP contribution in [-0.2, 0) is 22.7 Å². The van der Waals surface area contributed by atoms with Crippen LogP contribution in [0.1, 0.15) is 32.5 Å². The van der Waals surface area contributed by atoms with Crippen LogP contribution in [0.3, 0.4) is 0 Å². The molecule has 1 aromatic heterocycles. The Hall–Kier alpha value is -2.96. The second kappa shape index (κ2) is 9.30. The molecule has 28 heavy (non-hydrogen) atoms. The minimum atomic E-state index is -0.701. The summed E-state index contributed by atoms with van der Waals surface area (Å²) in [5.74, 6) is -1.34. The molecule has 5 nitrogen and oxygen atoms in total. The van der Waals surface area contributed by atoms with Gasteiger partial charge in [-0.3, -0.25) is 9.59 Å². The van der Waals surface area contributed by atoms with E-state index in [1.54, 1.807) is 0 Å². The fraction of sp³-hybridized carbons (Fsp3) is 0.182. The number of hydrogen-bond donors (Lipinski definition) is 3. The summed E-state index contributed by atoms with van der Waals surface area (Å²) in [5, 5.41) is 15.7. The van der Waals surface area contributed by atoms with Crippen LogP contribution in [0.15, 0.2) is 66.7 Å². The van der Waals surface area contributed by atoms with E-state index in [-0.39, 0.29) is 6.54 Å². The number of carbonyl (C=O) groups is 2. The van der Waals surface area contributed by atoms with Crippen LogP contribution in [0.2, 0.25) is 0 Å². The van der Waals surface area contributed by atoms with E-state index in [9.17, 15) is 14.7 Å². The zero-order valence-electron chi connectivity index (χ0n) is 15.5. The number of thiophene rings is 1. The topological polar surface area (TPSA) is 78.4 Å². The molecule has 1 heterocycles. The highest BCUT2D eigenvalue weighted by molar-refractivity contribution is 7.12. The number of aliphatic hydroxyl groups is 1. The Morgan fingerprint density at radius 2 is 1.54 bits per heavy atom. The fourth-order valence-corrected chi connectivity index (χ4v) is 3.62. The van der Waals surface area contributed by atoms with Gasteiger partial charge < -0.3 is 15.7 Å². The van der Waals surface area contributed by atoms with E-state index >= 15 is 0 Å². The van der Waals surface area contributed by atoms with Crippen molar-refractivity contribution in [2.75, 3.05) is 0 Å². The third kappa shape index (κ3) is 5.28. The van der Waals surface area contributed by atoms with E-state index in [4.69, 9.17) is 0 Å². The molecule has 0 radical (unpaired) electrons. The quantitative estimate of drug-likeness (QED) is 0.562. The molecule has 3 rings (SSSR count). The Bertz CT molecular complexity index is 936. The number of rotatable bonds is 6. The Balaban J connectivity index is 1.48. The lowest BCUT2D eigenvalue weighted by atomic mass is 10.1. The number of hydrogen-bond acceptors (Lipinski definition) is 4. The lowest BCUT2D eigenvalue weighted by Crippen LogP contribution is -2.39. The van der Waals surface area contributed by atoms with Crippen molar-refractivity contribution in [2.24, 2.45) is 0 Å². The number of nitrogens with one attached hydrogen (secondary N) is 2. The van der Waals surface area contributed by atoms with Gasteiger partial charge in [0.1, 0.15) is 6.10 Å². The molecule has 3 aromatic rings. The fourth-order valence-electron chi connectivity index (χ4n) is 2.65. The third-order valence-corrected chi connectivity index (χ3v) is 5.41. The highest BCUT2D eigenvalue weighted by Crippen LogP contribution is 2.28. The summed E-state index contributed by atoms with van der Waals surface area (Å²) in [6.45, 7) is 2.53. The van der Waals surface area contributed by atoms with E-state index in [1.165, 1.54) is 11.3 Å². The third-order valence-electron chi connectivity index (χ3n) is 4.27. The molecule has 0 fully saturated rings. The number of aryl methyl sites for hydroxylation is 1. The molecule has 0 aliphatic carbocycles. The van der Waals surface area contributed by atoms with Crippen LogP contribution in [0.5, 0.6) is 0 Å². The van der Waals surface area contributed by atoms with Crippen molar-refractivity contribution in [3.8, 4) is 0 Å². The van der Waals surface area contributed by atoms with E-state index in [1.807, 2.05) is 73.7 Å². The van der Waals surface area contributed by atoms with Gasteiger partial charge in [-0.2, -0.15) is 0 Å². The molecule has 1 unspecified atom stereocenters. The molecule has 1 atom stereocenters. The van der Waals surface area contributed by atoms with Crippen molar-refractivity contribution in [2.45, 2.75) is 26.1 Å². The molecular weight excluding hydrogens is 372 g/mol. The van der Waals surface area contributed by atoms with E-state index in [0.29, 0.717) is 6.54 Å². The molecule has 2 amide bonds. The Kier molecular flexibility index (Phi) is 6.57. The lowest BCUT2D eigenvalue weighted by molar-refractivity contribution is -0.139. The summed E-state index contributed by atoms with van der Waals surface area (Å²) in [7, 11) is 0. The summed E-state index contributed by atoms with van der Waals surface area (Å²) >= 11 is 1.40. The SMILES string of the molecule is Cc1ccc(CNC(=O)C(=O)NCc2ccc(C(O)c3ccccc3)s2)cc1. The second-order valence-electron chi connectivity index (χ2n) is 6.47. The average molecular weight is 394 g/mol. The van der Waals surface area contributed by atoms with Crippen LogP contribution in [0, 0.1) is 6.92 Å². The predicted molar refractivity (Wildman–Crippen MR) is 110 cm³/mol. The van der Waals surface area contributed by atoms with Gasteiger partial charge in [0, 0.05) is 16.3 Å². The van der Waals surface area contributed by atoms with Gasteiger partial charge in [-0.05, 0) is 30.2 Å². The monoisotopic (exact) mass is 394 g/mol. The summed E-state index contributed by atoms with van der Waals surface area (Å²) < 4.78 is 0. The van der Waals surface area contributed by atoms with Gasteiger partial charge in [-0.25, -0.2) is 0 Å². The van der Waals surface area contributed by atoms with Gasteiger partial charge in [0.05, 0.1) is 6.54 Å². The van der Waals surface area contributed by atoms with Gasteiger partial charge in [0.2, 0.25) is 0 Å². The van der Waals surface area contributed by atoms with Gasteiger partial charge in [0.15, 0.2) is 0 Å². The van der Waals surface area contributed by atoms with Gasteiger partial charge >= 0.3 is 11.8 Å². The van der Waals surface area contributed by atoms with Crippen molar-refractivity contribution in [3.05, 3.63) is 93.2 Å². The summed E-state index contributed by atoms with van der Waals surface area (Å²) in [5.41, 5.74) is 2.89. The van der Waals surface area contributed by atoms with Crippen molar-refractivity contribution in [3.63, 3.8) is 0 Å². The van der Waals surface area contributed by atoms with E-state index in [2.05, 4.69) is 10.6 Å². The molecule has 0 spiro atoms. The molecule has 144 valence electrons. The highest BCUT2D eigenvalue weighted by atomic mass is 32.1. The minimum absolute atomic E-state index is 0.239. The van der Waals surface area contributed by atoms with E-state index < -0.39 is 17.9 Å². The number of carbonyl (C=O) groups excluding carboxylic acids is 2. The Morgan fingerprint density at radius 1 is 0.893 bits per heavy atom. The van der Waals surface area contributed by atoms with Crippen LogP contribution in [0.25, 0.3) is 0 Å². The number of amides is 2. The minimum Gasteiger partial charge on any atom is -0.383 e. The van der Waals surface area contributed by atoms with Crippen molar-refractivity contribution in [1.29, 1.82) is 0 Å². The van der Waals surface area contributed by atoms with Crippen LogP contribution in [0.4, 0.5) is 0 Å². The van der Waals surface area contributed by atoms with Crippen molar-refractivity contribution < 1.29 is 14.7 Å². The zero-order chi connectivity index (χ0) is 19.9. The first-order valence-electron chi connectivity index (χ1n) is 8.96. The van der Waals surface area contributed by atoms with Crippen molar-refractivity contribution in [1.82, 2.24) is 10.6 Å². The van der Waals surface area contributed by atoms with Crippen LogP contribution >= 0.6 is 11.3 Å². The summed E-state index contributed by atoms with van der Waals surface area (Å²) in [4.78, 5) is 25.6. The largest absolute Gasteiger partial charge is 0.383 e. The molecule has 3 N–H and O–H groups in total. The maximum Gasteiger partial charge on any atom is 0.309 e. The Labute approximate surface area is 168 Å². The summed E-state index contributed by atoms with van der Waals surface area (Å²) in [6.07, 6.45) is -0.701. The lowest BCUT2D eigenvalue weighted by Gasteiger charge is -2.08. The first-order valence-corrected chi connectivity index (χ1v) is 9.78. The number of aliphatic hydroxyl groups excluding tert-OH is 1. The smallest absolute Gasteiger partial charge is 0.309 e. The zero-order valence-corrected chi connectivity index (χ0v) is 16.3. The molecule has 6 heteroatoms. The van der Waals surface area contributed by atoms with Gasteiger partial charge in [-0.1, -0.05) is 60.2 Å². The molecular formula is C22H22N2O3S. The maximum atomic E-state index is 12.0. The molecule has 0 bridgehead atoms. The van der Waals surface area contributed by atoms with Crippen molar-refractivity contribution >= 4 is 23.2 Å². The van der Waals surface area contributed by atoms with Crippen LogP contribution < -0.4 is 10.6 Å². The molecule has 0 aliphatic rings. The highest BCUT2D eigenvalue weighted by Gasteiger charge is 2.15. The predicted octanol–water partition coefficient (Wildman–Crippen LogP) is 3.07. The normalized spacial score (nSPS) is 11.6. The van der Waals surface area contributed by atoms with E-state index in [0.717, 1.165) is 26.4 Å². The molecule has 0 saturated heterocycles. The Morgan fingerprint density at radius 3 is 2.21 bits per heavy atom. The van der Waals surface area contributed by atoms with Gasteiger partial charge in [-0.15, -0.1) is 11.3 Å². The second-order valence-corrected chi connectivity index (χ2v) is 7.67. The molecule has 2 aromatic carbocycles. The van der Waals surface area contributed by atoms with Crippen LogP contribution in [-0.4, -0.2) is 16.9 Å². The molecule has 0 aliphatic heterocycles. The summed E-state index contributed by atoms with van der Waals surface area (Å²) in [6, 6.07) is 20.8. The maximum absolute atomic E-state index is 12.0. The number of benzene rings is 2. The first-order chi connectivity index (χ1) is 13.5. The average Bonchev–Trinajstić information content (AvgIpc) is 3.20.